The lowest BCUT2D eigenvalue weighted by Crippen LogP contribution is -2.25. The lowest BCUT2D eigenvalue weighted by Gasteiger charge is -2.24. The van der Waals surface area contributed by atoms with Gasteiger partial charge in [0.2, 0.25) is 0 Å². The number of fused-ring (bicyclic) bond motifs is 1. The van der Waals surface area contributed by atoms with Gasteiger partial charge in [-0.05, 0) is 48.3 Å². The van der Waals surface area contributed by atoms with Crippen LogP contribution >= 0.6 is 0 Å². The number of hydrogen-bond acceptors (Lipinski definition) is 3. The summed E-state index contributed by atoms with van der Waals surface area (Å²) < 4.78 is 5.15. The summed E-state index contributed by atoms with van der Waals surface area (Å²) >= 11 is 0. The van der Waals surface area contributed by atoms with Gasteiger partial charge in [0.25, 0.3) is 0 Å². The van der Waals surface area contributed by atoms with Gasteiger partial charge >= 0.3 is 7.12 Å². The van der Waals surface area contributed by atoms with Crippen LogP contribution in [0, 0.1) is 0 Å². The van der Waals surface area contributed by atoms with E-state index in [1.165, 1.54) is 11.1 Å². The van der Waals surface area contributed by atoms with Gasteiger partial charge in [0.05, 0.1) is 7.11 Å². The quantitative estimate of drug-likeness (QED) is 0.710. The molecule has 0 aromatic heterocycles. The average Bonchev–Trinajstić information content (AvgIpc) is 2.27. The number of benzene rings is 1. The number of ether oxygens (including phenoxy) is 1. The van der Waals surface area contributed by atoms with Gasteiger partial charge in [-0.1, -0.05) is 6.07 Å². The van der Waals surface area contributed by atoms with Crippen LogP contribution in [0.1, 0.15) is 17.5 Å². The minimum Gasteiger partial charge on any atom is -0.497 e. The molecule has 3 nitrogen and oxygen atoms in total. The van der Waals surface area contributed by atoms with Gasteiger partial charge in [-0.25, -0.2) is 0 Å². The van der Waals surface area contributed by atoms with Crippen LogP contribution in [0.15, 0.2) is 18.2 Å². The second kappa shape index (κ2) is 4.25. The second-order valence-electron chi connectivity index (χ2n) is 4.05. The standard InChI is InChI=1S/C11H15BO3/c1-15-11-5-3-8-2-4-10(12(13)14)6-9(8)7-11/h3,5,7,10,13-14H,2,4,6H2,1H3. The fraction of sp³-hybridized carbons (Fsp3) is 0.455. The monoisotopic (exact) mass is 206 g/mol. The molecule has 0 spiro atoms. The molecule has 80 valence electrons. The van der Waals surface area contributed by atoms with Crippen molar-refractivity contribution in [3.8, 4) is 5.75 Å². The molecule has 4 heteroatoms. The summed E-state index contributed by atoms with van der Waals surface area (Å²) in [4.78, 5) is 0. The maximum atomic E-state index is 9.15. The highest BCUT2D eigenvalue weighted by molar-refractivity contribution is 6.43. The highest BCUT2D eigenvalue weighted by Gasteiger charge is 2.27. The fourth-order valence-electron chi connectivity index (χ4n) is 2.14. The van der Waals surface area contributed by atoms with Crippen LogP contribution < -0.4 is 4.74 Å². The highest BCUT2D eigenvalue weighted by Crippen LogP contribution is 2.32. The molecule has 1 unspecified atom stereocenters. The van der Waals surface area contributed by atoms with Crippen molar-refractivity contribution in [1.29, 1.82) is 0 Å². The Labute approximate surface area is 89.8 Å². The van der Waals surface area contributed by atoms with E-state index in [1.54, 1.807) is 7.11 Å². The molecule has 15 heavy (non-hydrogen) atoms. The molecule has 0 bridgehead atoms. The molecule has 1 aliphatic rings. The Morgan fingerprint density at radius 2 is 2.13 bits per heavy atom. The Morgan fingerprint density at radius 1 is 1.33 bits per heavy atom. The van der Waals surface area contributed by atoms with E-state index in [0.717, 1.165) is 25.0 Å². The van der Waals surface area contributed by atoms with Crippen LogP contribution in [0.2, 0.25) is 5.82 Å². The molecule has 0 saturated heterocycles. The van der Waals surface area contributed by atoms with E-state index in [0.29, 0.717) is 0 Å². The van der Waals surface area contributed by atoms with Crippen LogP contribution in [0.4, 0.5) is 0 Å². The minimum atomic E-state index is -1.20. The predicted molar refractivity (Wildman–Crippen MR) is 59.0 cm³/mol. The van der Waals surface area contributed by atoms with Gasteiger partial charge in [-0.3, -0.25) is 0 Å². The molecule has 1 atom stereocenters. The summed E-state index contributed by atoms with van der Waals surface area (Å²) in [7, 11) is 0.437. The first kappa shape index (κ1) is 10.5. The molecule has 0 amide bonds. The summed E-state index contributed by atoms with van der Waals surface area (Å²) in [6, 6.07) is 6.01. The van der Waals surface area contributed by atoms with Gasteiger partial charge in [0.1, 0.15) is 5.75 Å². The molecule has 2 rings (SSSR count). The highest BCUT2D eigenvalue weighted by atomic mass is 16.5. The average molecular weight is 206 g/mol. The Morgan fingerprint density at radius 3 is 2.80 bits per heavy atom. The Hall–Kier alpha value is -0.995. The molecule has 2 N–H and O–H groups in total. The third-order valence-electron chi connectivity index (χ3n) is 3.10. The minimum absolute atomic E-state index is 0.0374. The molecule has 0 heterocycles. The maximum absolute atomic E-state index is 9.15. The van der Waals surface area contributed by atoms with Gasteiger partial charge < -0.3 is 14.8 Å². The summed E-state index contributed by atoms with van der Waals surface area (Å²) in [5.74, 6) is 0.798. The van der Waals surface area contributed by atoms with Crippen molar-refractivity contribution in [3.63, 3.8) is 0 Å². The van der Waals surface area contributed by atoms with Crippen molar-refractivity contribution in [2.45, 2.75) is 25.1 Å². The largest absolute Gasteiger partial charge is 0.497 e. The van der Waals surface area contributed by atoms with E-state index < -0.39 is 7.12 Å². The first-order valence-corrected chi connectivity index (χ1v) is 5.22. The molecular formula is C11H15BO3. The Bertz CT molecular complexity index is 352. The van der Waals surface area contributed by atoms with Gasteiger partial charge in [-0.2, -0.15) is 0 Å². The molecule has 1 aromatic rings. The molecule has 0 radical (unpaired) electrons. The zero-order valence-corrected chi connectivity index (χ0v) is 8.81. The van der Waals surface area contributed by atoms with Crippen LogP contribution in [-0.2, 0) is 12.8 Å². The summed E-state index contributed by atoms with van der Waals surface area (Å²) in [5, 5.41) is 18.3. The third-order valence-corrected chi connectivity index (χ3v) is 3.10. The SMILES string of the molecule is COc1ccc2c(c1)CC(B(O)O)CC2. The van der Waals surface area contributed by atoms with Crippen molar-refractivity contribution < 1.29 is 14.8 Å². The number of rotatable bonds is 2. The van der Waals surface area contributed by atoms with Crippen molar-refractivity contribution in [1.82, 2.24) is 0 Å². The topological polar surface area (TPSA) is 49.7 Å². The Kier molecular flexibility index (Phi) is 2.98. The second-order valence-corrected chi connectivity index (χ2v) is 4.05. The molecule has 0 saturated carbocycles. The van der Waals surface area contributed by atoms with Crippen molar-refractivity contribution in [3.05, 3.63) is 29.3 Å². The van der Waals surface area contributed by atoms with Crippen molar-refractivity contribution in [2.24, 2.45) is 0 Å². The number of aryl methyl sites for hydroxylation is 1. The lowest BCUT2D eigenvalue weighted by molar-refractivity contribution is 0.373. The van der Waals surface area contributed by atoms with Crippen LogP contribution in [0.3, 0.4) is 0 Å². The predicted octanol–water partition coefficient (Wildman–Crippen LogP) is 1.03. The normalized spacial score (nSPS) is 19.5. The van der Waals surface area contributed by atoms with E-state index >= 15 is 0 Å². The van der Waals surface area contributed by atoms with Crippen molar-refractivity contribution in [2.75, 3.05) is 7.11 Å². The molecule has 0 aliphatic heterocycles. The summed E-state index contributed by atoms with van der Waals surface area (Å²) in [6.07, 6.45) is 2.49. The van der Waals surface area contributed by atoms with E-state index in [2.05, 4.69) is 6.07 Å². The van der Waals surface area contributed by atoms with Gasteiger partial charge in [0.15, 0.2) is 0 Å². The van der Waals surface area contributed by atoms with Crippen molar-refractivity contribution >= 4 is 7.12 Å². The Balaban J connectivity index is 2.23. The zero-order valence-electron chi connectivity index (χ0n) is 8.81. The summed E-state index contributed by atoms with van der Waals surface area (Å²) in [5.41, 5.74) is 2.48. The fourth-order valence-corrected chi connectivity index (χ4v) is 2.14. The van der Waals surface area contributed by atoms with Crippen LogP contribution in [0.5, 0.6) is 5.75 Å². The molecular weight excluding hydrogens is 191 g/mol. The molecule has 0 fully saturated rings. The third kappa shape index (κ3) is 2.16. The van der Waals surface area contributed by atoms with Crippen LogP contribution in [-0.4, -0.2) is 24.3 Å². The van der Waals surface area contributed by atoms with E-state index in [9.17, 15) is 0 Å². The zero-order chi connectivity index (χ0) is 10.8. The smallest absolute Gasteiger partial charge is 0.455 e. The number of hydrogen-bond donors (Lipinski definition) is 2. The van der Waals surface area contributed by atoms with Crippen LogP contribution in [0.25, 0.3) is 0 Å². The van der Waals surface area contributed by atoms with E-state index in [4.69, 9.17) is 14.8 Å². The first-order chi connectivity index (χ1) is 7.20. The summed E-state index contributed by atoms with van der Waals surface area (Å²) in [6.45, 7) is 0. The maximum Gasteiger partial charge on any atom is 0.455 e. The first-order valence-electron chi connectivity index (χ1n) is 5.22. The van der Waals surface area contributed by atoms with E-state index in [1.807, 2.05) is 12.1 Å². The molecule has 1 aromatic carbocycles. The lowest BCUT2D eigenvalue weighted by atomic mass is 9.64. The van der Waals surface area contributed by atoms with Gasteiger partial charge in [-0.15, -0.1) is 0 Å². The number of methoxy groups -OCH3 is 1. The van der Waals surface area contributed by atoms with E-state index in [-0.39, 0.29) is 5.82 Å². The molecule has 1 aliphatic carbocycles. The van der Waals surface area contributed by atoms with Gasteiger partial charge in [0, 0.05) is 0 Å².